The summed E-state index contributed by atoms with van der Waals surface area (Å²) >= 11 is 0. The summed E-state index contributed by atoms with van der Waals surface area (Å²) in [4.78, 5) is 4.65. The molecule has 2 heterocycles. The highest BCUT2D eigenvalue weighted by molar-refractivity contribution is 5.47. The molecule has 0 aliphatic heterocycles. The first-order valence-corrected chi connectivity index (χ1v) is 5.92. The first-order valence-electron chi connectivity index (χ1n) is 5.92. The smallest absolute Gasteiger partial charge is 0.158 e. The average Bonchev–Trinajstić information content (AvgIpc) is 2.59. The van der Waals surface area contributed by atoms with Gasteiger partial charge >= 0.3 is 0 Å². The van der Waals surface area contributed by atoms with Gasteiger partial charge in [0.25, 0.3) is 0 Å². The van der Waals surface area contributed by atoms with Gasteiger partial charge in [-0.3, -0.25) is 0 Å². The Labute approximate surface area is 94.5 Å². The van der Waals surface area contributed by atoms with E-state index < -0.39 is 0 Å². The van der Waals surface area contributed by atoms with E-state index in [9.17, 15) is 0 Å². The molecule has 1 saturated carbocycles. The molecule has 2 N–H and O–H groups in total. The van der Waals surface area contributed by atoms with E-state index in [-0.39, 0.29) is 0 Å². The van der Waals surface area contributed by atoms with Crippen LogP contribution in [-0.4, -0.2) is 21.1 Å². The van der Waals surface area contributed by atoms with Crippen LogP contribution in [-0.2, 0) is 6.42 Å². The minimum absolute atomic E-state index is 0.589. The molecular weight excluding hydrogens is 200 g/mol. The van der Waals surface area contributed by atoms with Crippen molar-refractivity contribution in [2.24, 2.45) is 5.73 Å². The summed E-state index contributed by atoms with van der Waals surface area (Å²) in [5, 5.41) is 4.54. The Morgan fingerprint density at radius 2 is 2.31 bits per heavy atom. The lowest BCUT2D eigenvalue weighted by Gasteiger charge is -2.21. The number of nitrogens with two attached hydrogens (primary N) is 1. The summed E-state index contributed by atoms with van der Waals surface area (Å²) in [6.07, 6.45) is 6.62. The summed E-state index contributed by atoms with van der Waals surface area (Å²) < 4.78 is 1.89. The molecule has 3 rings (SSSR count). The lowest BCUT2D eigenvalue weighted by molar-refractivity contribution is 0.402. The van der Waals surface area contributed by atoms with E-state index in [2.05, 4.69) is 16.1 Å². The van der Waals surface area contributed by atoms with E-state index in [4.69, 9.17) is 5.73 Å². The molecule has 0 amide bonds. The predicted octanol–water partition coefficient (Wildman–Crippen LogP) is 1.50. The molecule has 2 aromatic rings. The van der Waals surface area contributed by atoms with E-state index in [0.717, 1.165) is 17.9 Å². The molecule has 1 aliphatic rings. The number of hydrogen-bond donors (Lipinski definition) is 1. The molecule has 16 heavy (non-hydrogen) atoms. The third-order valence-electron chi connectivity index (χ3n) is 3.34. The van der Waals surface area contributed by atoms with Gasteiger partial charge in [-0.05, 0) is 37.4 Å². The third kappa shape index (κ3) is 1.50. The molecule has 0 unspecified atom stereocenters. The Balaban J connectivity index is 2.05. The van der Waals surface area contributed by atoms with E-state index in [1.807, 2.05) is 16.8 Å². The Hall–Kier alpha value is -1.42. The Morgan fingerprint density at radius 1 is 1.44 bits per heavy atom. The SMILES string of the molecule is NCCc1cccn2nc(C3CCC3)nc12. The number of hydrogen-bond acceptors (Lipinski definition) is 3. The van der Waals surface area contributed by atoms with Crippen molar-refractivity contribution in [3.8, 4) is 0 Å². The molecular formula is C12H16N4. The Bertz CT molecular complexity index is 499. The van der Waals surface area contributed by atoms with Crippen LogP contribution >= 0.6 is 0 Å². The van der Waals surface area contributed by atoms with Crippen molar-refractivity contribution in [1.82, 2.24) is 14.6 Å². The molecule has 0 aromatic carbocycles. The van der Waals surface area contributed by atoms with Crippen LogP contribution in [0.15, 0.2) is 18.3 Å². The van der Waals surface area contributed by atoms with Crippen molar-refractivity contribution >= 4 is 5.65 Å². The fourth-order valence-electron chi connectivity index (χ4n) is 2.17. The van der Waals surface area contributed by atoms with E-state index in [1.165, 1.54) is 24.8 Å². The highest BCUT2D eigenvalue weighted by Crippen LogP contribution is 2.34. The lowest BCUT2D eigenvalue weighted by Crippen LogP contribution is -2.10. The van der Waals surface area contributed by atoms with Gasteiger partial charge in [-0.1, -0.05) is 12.5 Å². The first kappa shape index (κ1) is 9.78. The van der Waals surface area contributed by atoms with Gasteiger partial charge in [0.2, 0.25) is 0 Å². The van der Waals surface area contributed by atoms with Crippen LogP contribution in [0.1, 0.15) is 36.6 Å². The minimum Gasteiger partial charge on any atom is -0.330 e. The van der Waals surface area contributed by atoms with E-state index in [1.54, 1.807) is 0 Å². The van der Waals surface area contributed by atoms with Crippen molar-refractivity contribution in [2.45, 2.75) is 31.6 Å². The van der Waals surface area contributed by atoms with Gasteiger partial charge < -0.3 is 5.73 Å². The second kappa shape index (κ2) is 3.87. The molecule has 2 aromatic heterocycles. The molecule has 0 spiro atoms. The number of nitrogens with zero attached hydrogens (tertiary/aromatic N) is 3. The van der Waals surface area contributed by atoms with Gasteiger partial charge in [-0.15, -0.1) is 0 Å². The van der Waals surface area contributed by atoms with Gasteiger partial charge in [-0.2, -0.15) is 5.10 Å². The molecule has 4 nitrogen and oxygen atoms in total. The maximum absolute atomic E-state index is 5.60. The molecule has 1 fully saturated rings. The maximum Gasteiger partial charge on any atom is 0.158 e. The van der Waals surface area contributed by atoms with Crippen LogP contribution in [0.3, 0.4) is 0 Å². The monoisotopic (exact) mass is 216 g/mol. The van der Waals surface area contributed by atoms with Crippen LogP contribution < -0.4 is 5.73 Å². The Kier molecular flexibility index (Phi) is 2.36. The van der Waals surface area contributed by atoms with Crippen LogP contribution in [0, 0.1) is 0 Å². The summed E-state index contributed by atoms with van der Waals surface area (Å²) in [6, 6.07) is 4.10. The standard InChI is InChI=1S/C12H16N4/c13-7-6-10-5-2-8-16-12(10)14-11(15-16)9-3-1-4-9/h2,5,8-9H,1,3-4,6-7,13H2. The maximum atomic E-state index is 5.60. The Morgan fingerprint density at radius 3 is 3.00 bits per heavy atom. The van der Waals surface area contributed by atoms with Gasteiger partial charge in [-0.25, -0.2) is 9.50 Å². The van der Waals surface area contributed by atoms with Crippen LogP contribution in [0.2, 0.25) is 0 Å². The molecule has 4 heteroatoms. The van der Waals surface area contributed by atoms with Crippen LogP contribution in [0.5, 0.6) is 0 Å². The van der Waals surface area contributed by atoms with Gasteiger partial charge in [0, 0.05) is 12.1 Å². The second-order valence-electron chi connectivity index (χ2n) is 4.44. The first-order chi connectivity index (χ1) is 7.88. The van der Waals surface area contributed by atoms with Crippen LogP contribution in [0.25, 0.3) is 5.65 Å². The quantitative estimate of drug-likeness (QED) is 0.845. The molecule has 0 saturated heterocycles. The fourth-order valence-corrected chi connectivity index (χ4v) is 2.17. The molecule has 0 atom stereocenters. The third-order valence-corrected chi connectivity index (χ3v) is 3.34. The van der Waals surface area contributed by atoms with Crippen molar-refractivity contribution in [3.63, 3.8) is 0 Å². The fraction of sp³-hybridized carbons (Fsp3) is 0.500. The van der Waals surface area contributed by atoms with Crippen molar-refractivity contribution < 1.29 is 0 Å². The topological polar surface area (TPSA) is 56.2 Å². The van der Waals surface area contributed by atoms with Gasteiger partial charge in [0.05, 0.1) is 0 Å². The van der Waals surface area contributed by atoms with Crippen molar-refractivity contribution in [1.29, 1.82) is 0 Å². The van der Waals surface area contributed by atoms with Gasteiger partial charge in [0.15, 0.2) is 11.5 Å². The molecule has 0 radical (unpaired) electrons. The largest absolute Gasteiger partial charge is 0.330 e. The zero-order valence-corrected chi connectivity index (χ0v) is 9.26. The van der Waals surface area contributed by atoms with E-state index in [0.29, 0.717) is 12.5 Å². The summed E-state index contributed by atoms with van der Waals surface area (Å²) in [6.45, 7) is 0.658. The summed E-state index contributed by atoms with van der Waals surface area (Å²) in [5.74, 6) is 1.60. The van der Waals surface area contributed by atoms with Crippen molar-refractivity contribution in [3.05, 3.63) is 29.7 Å². The number of rotatable bonds is 3. The lowest BCUT2D eigenvalue weighted by atomic mass is 9.85. The number of pyridine rings is 1. The van der Waals surface area contributed by atoms with E-state index >= 15 is 0 Å². The summed E-state index contributed by atoms with van der Waals surface area (Å²) in [7, 11) is 0. The zero-order chi connectivity index (χ0) is 11.0. The van der Waals surface area contributed by atoms with Crippen molar-refractivity contribution in [2.75, 3.05) is 6.54 Å². The second-order valence-corrected chi connectivity index (χ2v) is 4.44. The molecule has 0 bridgehead atoms. The average molecular weight is 216 g/mol. The highest BCUT2D eigenvalue weighted by Gasteiger charge is 2.24. The minimum atomic E-state index is 0.589. The predicted molar refractivity (Wildman–Crippen MR) is 62.3 cm³/mol. The number of aromatic nitrogens is 3. The summed E-state index contributed by atoms with van der Waals surface area (Å²) in [5.41, 5.74) is 7.78. The molecule has 1 aliphatic carbocycles. The van der Waals surface area contributed by atoms with Gasteiger partial charge in [0.1, 0.15) is 0 Å². The highest BCUT2D eigenvalue weighted by atomic mass is 15.3. The zero-order valence-electron chi connectivity index (χ0n) is 9.26. The molecule has 84 valence electrons. The normalized spacial score (nSPS) is 16.6. The number of fused-ring (bicyclic) bond motifs is 1. The van der Waals surface area contributed by atoms with Crippen LogP contribution in [0.4, 0.5) is 0 Å².